The average Bonchev–Trinajstić information content (AvgIpc) is 2.43. The van der Waals surface area contributed by atoms with E-state index in [0.29, 0.717) is 18.9 Å². The third-order valence-electron chi connectivity index (χ3n) is 3.32. The van der Waals surface area contributed by atoms with Crippen LogP contribution in [0.15, 0.2) is 24.3 Å². The molecule has 0 saturated heterocycles. The van der Waals surface area contributed by atoms with Crippen molar-refractivity contribution in [3.05, 3.63) is 29.8 Å². The minimum Gasteiger partial charge on any atom is -0.326 e. The molecule has 0 bridgehead atoms. The van der Waals surface area contributed by atoms with Gasteiger partial charge in [0.05, 0.1) is 0 Å². The second kappa shape index (κ2) is 8.72. The minimum atomic E-state index is 0.0438. The molecule has 0 aliphatic heterocycles. The predicted octanol–water partition coefficient (Wildman–Crippen LogP) is 2.45. The first kappa shape index (κ1) is 16.7. The molecule has 3 N–H and O–H groups in total. The zero-order chi connectivity index (χ0) is 15.0. The Bertz CT molecular complexity index is 418. The van der Waals surface area contributed by atoms with Crippen molar-refractivity contribution < 1.29 is 4.79 Å². The molecule has 0 fully saturated rings. The molecule has 0 aliphatic carbocycles. The summed E-state index contributed by atoms with van der Waals surface area (Å²) in [4.78, 5) is 14.1. The van der Waals surface area contributed by atoms with Crippen molar-refractivity contribution in [3.8, 4) is 0 Å². The Morgan fingerprint density at radius 1 is 1.30 bits per heavy atom. The van der Waals surface area contributed by atoms with Gasteiger partial charge in [-0.05, 0) is 37.6 Å². The Kier molecular flexibility index (Phi) is 7.26. The molecule has 1 rings (SSSR count). The minimum absolute atomic E-state index is 0.0438. The van der Waals surface area contributed by atoms with Gasteiger partial charge in [0, 0.05) is 25.2 Å². The van der Waals surface area contributed by atoms with Crippen molar-refractivity contribution in [1.29, 1.82) is 0 Å². The van der Waals surface area contributed by atoms with E-state index in [2.05, 4.69) is 31.1 Å². The molecule has 4 heteroatoms. The summed E-state index contributed by atoms with van der Waals surface area (Å²) in [5.41, 5.74) is 7.45. The molecular weight excluding hydrogens is 250 g/mol. The van der Waals surface area contributed by atoms with E-state index in [1.165, 1.54) is 0 Å². The molecule has 0 aromatic heterocycles. The Morgan fingerprint density at radius 3 is 2.65 bits per heavy atom. The zero-order valence-electron chi connectivity index (χ0n) is 12.9. The number of benzene rings is 1. The van der Waals surface area contributed by atoms with Crippen molar-refractivity contribution in [2.75, 3.05) is 25.5 Å². The van der Waals surface area contributed by atoms with Crippen LogP contribution in [-0.2, 0) is 11.3 Å². The summed E-state index contributed by atoms with van der Waals surface area (Å²) >= 11 is 0. The maximum Gasteiger partial charge on any atom is 0.225 e. The lowest BCUT2D eigenvalue weighted by Crippen LogP contribution is -2.26. The average molecular weight is 277 g/mol. The van der Waals surface area contributed by atoms with Gasteiger partial charge >= 0.3 is 0 Å². The van der Waals surface area contributed by atoms with Gasteiger partial charge in [0.25, 0.3) is 0 Å². The first-order valence-corrected chi connectivity index (χ1v) is 7.29. The predicted molar refractivity (Wildman–Crippen MR) is 84.5 cm³/mol. The first-order chi connectivity index (χ1) is 9.52. The maximum absolute atomic E-state index is 11.9. The second-order valence-electron chi connectivity index (χ2n) is 5.65. The number of amides is 1. The monoisotopic (exact) mass is 277 g/mol. The van der Waals surface area contributed by atoms with Crippen molar-refractivity contribution in [1.82, 2.24) is 4.90 Å². The Morgan fingerprint density at radius 2 is 2.00 bits per heavy atom. The lowest BCUT2D eigenvalue weighted by Gasteiger charge is -2.17. The molecule has 1 aromatic carbocycles. The van der Waals surface area contributed by atoms with Crippen LogP contribution in [0.4, 0.5) is 5.69 Å². The standard InChI is InChI=1S/C16H27N3O/c1-13(2)8-10-19(3)11-9-16(20)18-15-7-5-4-6-14(15)12-17/h4-7,13H,8-12,17H2,1-3H3,(H,18,20). The Labute approximate surface area is 122 Å². The molecule has 0 saturated carbocycles. The molecule has 1 amide bonds. The van der Waals surface area contributed by atoms with E-state index in [1.807, 2.05) is 24.3 Å². The highest BCUT2D eigenvalue weighted by Gasteiger charge is 2.07. The van der Waals surface area contributed by atoms with Gasteiger partial charge in [-0.1, -0.05) is 32.0 Å². The van der Waals surface area contributed by atoms with Gasteiger partial charge in [-0.15, -0.1) is 0 Å². The van der Waals surface area contributed by atoms with E-state index >= 15 is 0 Å². The number of carbonyl (C=O) groups is 1. The van der Waals surface area contributed by atoms with Crippen molar-refractivity contribution in [3.63, 3.8) is 0 Å². The summed E-state index contributed by atoms with van der Waals surface area (Å²) in [6.45, 7) is 6.67. The largest absolute Gasteiger partial charge is 0.326 e. The van der Waals surface area contributed by atoms with E-state index in [1.54, 1.807) is 0 Å². The normalized spacial score (nSPS) is 11.1. The summed E-state index contributed by atoms with van der Waals surface area (Å²) in [7, 11) is 2.06. The van der Waals surface area contributed by atoms with Gasteiger partial charge in [0.1, 0.15) is 0 Å². The van der Waals surface area contributed by atoms with Crippen LogP contribution in [0.3, 0.4) is 0 Å². The molecule has 4 nitrogen and oxygen atoms in total. The molecule has 1 aromatic rings. The third-order valence-corrected chi connectivity index (χ3v) is 3.32. The number of nitrogens with two attached hydrogens (primary N) is 1. The van der Waals surface area contributed by atoms with Crippen molar-refractivity contribution in [2.45, 2.75) is 33.2 Å². The molecule has 112 valence electrons. The SMILES string of the molecule is CC(C)CCN(C)CCC(=O)Nc1ccccc1CN. The summed E-state index contributed by atoms with van der Waals surface area (Å²) < 4.78 is 0. The Balaban J connectivity index is 2.36. The van der Waals surface area contributed by atoms with Gasteiger partial charge in [0.2, 0.25) is 5.91 Å². The van der Waals surface area contributed by atoms with E-state index in [-0.39, 0.29) is 5.91 Å². The fourth-order valence-corrected chi connectivity index (χ4v) is 1.92. The molecule has 20 heavy (non-hydrogen) atoms. The van der Waals surface area contributed by atoms with E-state index in [9.17, 15) is 4.79 Å². The maximum atomic E-state index is 11.9. The second-order valence-corrected chi connectivity index (χ2v) is 5.65. The van der Waals surface area contributed by atoms with Crippen LogP contribution in [0.25, 0.3) is 0 Å². The van der Waals surface area contributed by atoms with Gasteiger partial charge in [-0.3, -0.25) is 4.79 Å². The number of hydrogen-bond donors (Lipinski definition) is 2. The van der Waals surface area contributed by atoms with Gasteiger partial charge in [-0.25, -0.2) is 0 Å². The molecule has 0 atom stereocenters. The van der Waals surface area contributed by atoms with Crippen LogP contribution in [0, 0.1) is 5.92 Å². The van der Waals surface area contributed by atoms with E-state index in [4.69, 9.17) is 5.73 Å². The number of anilines is 1. The smallest absolute Gasteiger partial charge is 0.225 e. The number of nitrogens with one attached hydrogen (secondary N) is 1. The number of nitrogens with zero attached hydrogens (tertiary/aromatic N) is 1. The molecule has 0 unspecified atom stereocenters. The van der Waals surface area contributed by atoms with Crippen LogP contribution < -0.4 is 11.1 Å². The number of para-hydroxylation sites is 1. The summed E-state index contributed by atoms with van der Waals surface area (Å²) in [5, 5.41) is 2.94. The van der Waals surface area contributed by atoms with Gasteiger partial charge < -0.3 is 16.0 Å². The van der Waals surface area contributed by atoms with Gasteiger partial charge in [-0.2, -0.15) is 0 Å². The van der Waals surface area contributed by atoms with Crippen molar-refractivity contribution >= 4 is 11.6 Å². The molecule has 0 radical (unpaired) electrons. The highest BCUT2D eigenvalue weighted by Crippen LogP contribution is 2.14. The number of hydrogen-bond acceptors (Lipinski definition) is 3. The Hall–Kier alpha value is -1.39. The first-order valence-electron chi connectivity index (χ1n) is 7.29. The molecule has 0 aliphatic rings. The van der Waals surface area contributed by atoms with Crippen molar-refractivity contribution in [2.24, 2.45) is 11.7 Å². The summed E-state index contributed by atoms with van der Waals surface area (Å²) in [6.07, 6.45) is 1.67. The topological polar surface area (TPSA) is 58.4 Å². The van der Waals surface area contributed by atoms with Crippen LogP contribution in [0.5, 0.6) is 0 Å². The van der Waals surface area contributed by atoms with Crippen LogP contribution in [-0.4, -0.2) is 30.9 Å². The summed E-state index contributed by atoms with van der Waals surface area (Å²) in [5.74, 6) is 0.741. The molecule has 0 heterocycles. The lowest BCUT2D eigenvalue weighted by atomic mass is 10.1. The summed E-state index contributed by atoms with van der Waals surface area (Å²) in [6, 6.07) is 7.66. The quantitative estimate of drug-likeness (QED) is 0.767. The zero-order valence-corrected chi connectivity index (χ0v) is 12.9. The van der Waals surface area contributed by atoms with Crippen LogP contribution in [0.1, 0.15) is 32.3 Å². The fourth-order valence-electron chi connectivity index (χ4n) is 1.92. The highest BCUT2D eigenvalue weighted by atomic mass is 16.1. The number of rotatable bonds is 8. The van der Waals surface area contributed by atoms with Gasteiger partial charge in [0.15, 0.2) is 0 Å². The fraction of sp³-hybridized carbons (Fsp3) is 0.562. The van der Waals surface area contributed by atoms with E-state index < -0.39 is 0 Å². The number of carbonyl (C=O) groups excluding carboxylic acids is 1. The molecular formula is C16H27N3O. The third kappa shape index (κ3) is 6.17. The van der Waals surface area contributed by atoms with Crippen LogP contribution >= 0.6 is 0 Å². The van der Waals surface area contributed by atoms with Crippen LogP contribution in [0.2, 0.25) is 0 Å². The lowest BCUT2D eigenvalue weighted by molar-refractivity contribution is -0.116. The van der Waals surface area contributed by atoms with E-state index in [0.717, 1.165) is 30.8 Å². The molecule has 0 spiro atoms. The highest BCUT2D eigenvalue weighted by molar-refractivity contribution is 5.91.